The number of furan rings is 1. The van der Waals surface area contributed by atoms with Crippen molar-refractivity contribution in [3.05, 3.63) is 24.2 Å². The van der Waals surface area contributed by atoms with E-state index < -0.39 is 5.97 Å². The number of hydrogen-bond donors (Lipinski definition) is 1. The molecular weight excluding hydrogens is 310 g/mol. The highest BCUT2D eigenvalue weighted by Gasteiger charge is 2.50. The Morgan fingerprint density at radius 2 is 2.38 bits per heavy atom. The molecule has 1 aliphatic carbocycles. The summed E-state index contributed by atoms with van der Waals surface area (Å²) in [4.78, 5) is 13.2. The molecule has 6 nitrogen and oxygen atoms in total. The molecular formula is C18H27NO5. The van der Waals surface area contributed by atoms with E-state index in [0.29, 0.717) is 6.04 Å². The van der Waals surface area contributed by atoms with Crippen molar-refractivity contribution in [3.8, 4) is 0 Å². The molecule has 0 spiro atoms. The van der Waals surface area contributed by atoms with Crippen molar-refractivity contribution >= 4 is 5.97 Å². The molecule has 134 valence electrons. The maximum Gasteiger partial charge on any atom is 0.329 e. The SMILES string of the molecule is CO[C@@]12CC[C@H](OCC(=O)O)C[C@@H]1N(CCCc1ccco1)CC2. The Morgan fingerprint density at radius 3 is 3.08 bits per heavy atom. The Kier molecular flexibility index (Phi) is 5.58. The highest BCUT2D eigenvalue weighted by molar-refractivity contribution is 5.68. The molecule has 1 aliphatic heterocycles. The molecule has 0 aromatic carbocycles. The van der Waals surface area contributed by atoms with E-state index in [1.807, 2.05) is 12.1 Å². The van der Waals surface area contributed by atoms with Crippen LogP contribution in [-0.2, 0) is 20.7 Å². The Hall–Kier alpha value is -1.37. The number of aryl methyl sites for hydroxylation is 1. The topological polar surface area (TPSA) is 72.1 Å². The molecule has 0 bridgehead atoms. The summed E-state index contributed by atoms with van der Waals surface area (Å²) in [6, 6.07) is 4.25. The van der Waals surface area contributed by atoms with E-state index in [-0.39, 0.29) is 18.3 Å². The summed E-state index contributed by atoms with van der Waals surface area (Å²) in [5.41, 5.74) is -0.0895. The van der Waals surface area contributed by atoms with E-state index in [0.717, 1.165) is 57.4 Å². The van der Waals surface area contributed by atoms with Crippen LogP contribution in [0.4, 0.5) is 0 Å². The van der Waals surface area contributed by atoms with Crippen molar-refractivity contribution < 1.29 is 23.8 Å². The maximum atomic E-state index is 10.7. The van der Waals surface area contributed by atoms with Crippen LogP contribution in [0.25, 0.3) is 0 Å². The molecule has 1 aromatic rings. The first kappa shape index (κ1) is 17.5. The third-order valence-electron chi connectivity index (χ3n) is 5.54. The number of aliphatic carboxylic acids is 1. The summed E-state index contributed by atoms with van der Waals surface area (Å²) < 4.78 is 16.9. The molecule has 0 radical (unpaired) electrons. The van der Waals surface area contributed by atoms with Gasteiger partial charge in [0.05, 0.1) is 18.0 Å². The number of hydrogen-bond acceptors (Lipinski definition) is 5. The van der Waals surface area contributed by atoms with Gasteiger partial charge in [0.25, 0.3) is 0 Å². The van der Waals surface area contributed by atoms with Crippen LogP contribution in [0.15, 0.2) is 22.8 Å². The van der Waals surface area contributed by atoms with Crippen molar-refractivity contribution in [3.63, 3.8) is 0 Å². The van der Waals surface area contributed by atoms with Crippen LogP contribution < -0.4 is 0 Å². The molecule has 1 aromatic heterocycles. The molecule has 1 saturated carbocycles. The highest BCUT2D eigenvalue weighted by atomic mass is 16.5. The summed E-state index contributed by atoms with van der Waals surface area (Å²) in [6.45, 7) is 1.82. The summed E-state index contributed by atoms with van der Waals surface area (Å²) in [5.74, 6) is 0.124. The second-order valence-corrected chi connectivity index (χ2v) is 6.85. The largest absolute Gasteiger partial charge is 0.480 e. The van der Waals surface area contributed by atoms with Gasteiger partial charge in [0.15, 0.2) is 0 Å². The average Bonchev–Trinajstić information content (AvgIpc) is 3.21. The number of rotatable bonds is 8. The summed E-state index contributed by atoms with van der Waals surface area (Å²) in [5, 5.41) is 8.82. The van der Waals surface area contributed by atoms with Gasteiger partial charge in [-0.3, -0.25) is 4.90 Å². The zero-order chi connectivity index (χ0) is 17.0. The Balaban J connectivity index is 1.55. The monoisotopic (exact) mass is 337 g/mol. The first-order valence-electron chi connectivity index (χ1n) is 8.78. The van der Waals surface area contributed by atoms with E-state index in [2.05, 4.69) is 4.90 Å². The van der Waals surface area contributed by atoms with E-state index in [1.165, 1.54) is 0 Å². The lowest BCUT2D eigenvalue weighted by molar-refractivity contribution is -0.148. The Labute approximate surface area is 142 Å². The van der Waals surface area contributed by atoms with Gasteiger partial charge in [-0.1, -0.05) is 0 Å². The number of ether oxygens (including phenoxy) is 2. The second kappa shape index (κ2) is 7.68. The molecule has 3 rings (SSSR count). The fourth-order valence-electron chi connectivity index (χ4n) is 4.28. The van der Waals surface area contributed by atoms with Crippen molar-refractivity contribution in [2.24, 2.45) is 0 Å². The standard InChI is InChI=1S/C18H27NO5/c1-22-18-7-6-15(24-13-17(20)21)12-16(18)19(10-8-18)9-2-4-14-5-3-11-23-14/h3,5,11,15-16H,2,4,6-10,12-13H2,1H3,(H,20,21)/t15-,16-,18+/m0/s1. The Morgan fingerprint density at radius 1 is 1.50 bits per heavy atom. The van der Waals surface area contributed by atoms with Gasteiger partial charge in [-0.15, -0.1) is 0 Å². The second-order valence-electron chi connectivity index (χ2n) is 6.85. The molecule has 1 saturated heterocycles. The molecule has 6 heteroatoms. The van der Waals surface area contributed by atoms with Crippen LogP contribution in [0.1, 0.15) is 37.9 Å². The lowest BCUT2D eigenvalue weighted by Crippen LogP contribution is -2.52. The van der Waals surface area contributed by atoms with Crippen LogP contribution in [0.5, 0.6) is 0 Å². The van der Waals surface area contributed by atoms with Gasteiger partial charge < -0.3 is 19.0 Å². The predicted octanol–water partition coefficient (Wildman–Crippen LogP) is 2.33. The smallest absolute Gasteiger partial charge is 0.329 e. The number of likely N-dealkylation sites (tertiary alicyclic amines) is 1. The van der Waals surface area contributed by atoms with Crippen LogP contribution in [0.3, 0.4) is 0 Å². The number of methoxy groups -OCH3 is 1. The fourth-order valence-corrected chi connectivity index (χ4v) is 4.28. The molecule has 24 heavy (non-hydrogen) atoms. The first-order chi connectivity index (χ1) is 11.6. The summed E-state index contributed by atoms with van der Waals surface area (Å²) in [7, 11) is 1.80. The zero-order valence-corrected chi connectivity index (χ0v) is 14.3. The molecule has 0 amide bonds. The van der Waals surface area contributed by atoms with Gasteiger partial charge in [0.1, 0.15) is 12.4 Å². The van der Waals surface area contributed by atoms with Crippen molar-refractivity contribution in [1.82, 2.24) is 4.90 Å². The van der Waals surface area contributed by atoms with Crippen LogP contribution >= 0.6 is 0 Å². The highest BCUT2D eigenvalue weighted by Crippen LogP contribution is 2.43. The van der Waals surface area contributed by atoms with Gasteiger partial charge in [-0.05, 0) is 50.8 Å². The number of carboxylic acids is 1. The number of carboxylic acid groups (broad SMARTS) is 1. The number of carbonyl (C=O) groups is 1. The lowest BCUT2D eigenvalue weighted by Gasteiger charge is -2.43. The zero-order valence-electron chi connectivity index (χ0n) is 14.3. The Bertz CT molecular complexity index is 532. The van der Waals surface area contributed by atoms with Crippen molar-refractivity contribution in [2.75, 3.05) is 26.8 Å². The van der Waals surface area contributed by atoms with Crippen LogP contribution in [-0.4, -0.2) is 60.5 Å². The predicted molar refractivity (Wildman–Crippen MR) is 88.0 cm³/mol. The summed E-state index contributed by atoms with van der Waals surface area (Å²) >= 11 is 0. The normalized spacial score (nSPS) is 30.4. The minimum Gasteiger partial charge on any atom is -0.480 e. The van der Waals surface area contributed by atoms with Crippen molar-refractivity contribution in [2.45, 2.75) is 56.3 Å². The molecule has 3 atom stereocenters. The van der Waals surface area contributed by atoms with Gasteiger partial charge >= 0.3 is 5.97 Å². The van der Waals surface area contributed by atoms with Gasteiger partial charge in [0, 0.05) is 26.1 Å². The van der Waals surface area contributed by atoms with E-state index in [1.54, 1.807) is 13.4 Å². The molecule has 1 N–H and O–H groups in total. The molecule has 0 unspecified atom stereocenters. The number of fused-ring (bicyclic) bond motifs is 1. The first-order valence-corrected chi connectivity index (χ1v) is 8.78. The fraction of sp³-hybridized carbons (Fsp3) is 0.722. The van der Waals surface area contributed by atoms with E-state index in [9.17, 15) is 4.79 Å². The average molecular weight is 337 g/mol. The van der Waals surface area contributed by atoms with Gasteiger partial charge in [-0.2, -0.15) is 0 Å². The molecule has 2 heterocycles. The minimum atomic E-state index is -0.902. The minimum absolute atomic E-state index is 0.0139. The summed E-state index contributed by atoms with van der Waals surface area (Å²) in [6.07, 6.45) is 7.42. The van der Waals surface area contributed by atoms with E-state index in [4.69, 9.17) is 19.0 Å². The third kappa shape index (κ3) is 3.82. The van der Waals surface area contributed by atoms with Crippen molar-refractivity contribution in [1.29, 1.82) is 0 Å². The third-order valence-corrected chi connectivity index (χ3v) is 5.54. The van der Waals surface area contributed by atoms with Crippen LogP contribution in [0, 0.1) is 0 Å². The maximum absolute atomic E-state index is 10.7. The van der Waals surface area contributed by atoms with E-state index >= 15 is 0 Å². The van der Waals surface area contributed by atoms with Gasteiger partial charge in [-0.25, -0.2) is 4.79 Å². The molecule has 2 fully saturated rings. The van der Waals surface area contributed by atoms with Crippen LogP contribution in [0.2, 0.25) is 0 Å². The lowest BCUT2D eigenvalue weighted by atomic mass is 9.79. The molecule has 2 aliphatic rings. The van der Waals surface area contributed by atoms with Gasteiger partial charge in [0.2, 0.25) is 0 Å². The quantitative estimate of drug-likeness (QED) is 0.785. The number of nitrogens with zero attached hydrogens (tertiary/aromatic N) is 1.